The lowest BCUT2D eigenvalue weighted by molar-refractivity contribution is -0.141. The van der Waals surface area contributed by atoms with Gasteiger partial charge in [0.05, 0.1) is 0 Å². The van der Waals surface area contributed by atoms with Gasteiger partial charge in [0.15, 0.2) is 0 Å². The maximum atomic E-state index is 11.7. The second-order valence-electron chi connectivity index (χ2n) is 5.13. The molecule has 0 radical (unpaired) electrons. The first kappa shape index (κ1) is 16.5. The third-order valence-electron chi connectivity index (χ3n) is 3.67. The van der Waals surface area contributed by atoms with Gasteiger partial charge in [0, 0.05) is 0 Å². The second kappa shape index (κ2) is 7.88. The van der Waals surface area contributed by atoms with E-state index in [1.807, 2.05) is 30.3 Å². The number of rotatable bonds is 8. The van der Waals surface area contributed by atoms with Crippen molar-refractivity contribution in [3.8, 4) is 0 Å². The molecule has 19 heavy (non-hydrogen) atoms. The number of aliphatic carboxylic acids is 1. The zero-order valence-electron chi connectivity index (χ0n) is 11.7. The number of hydrogen-bond donors (Lipinski definition) is 1. The minimum atomic E-state index is -0.814. The van der Waals surface area contributed by atoms with E-state index < -0.39 is 9.39 Å². The van der Waals surface area contributed by atoms with Gasteiger partial charge in [-0.2, -0.15) is 0 Å². The van der Waals surface area contributed by atoms with Gasteiger partial charge in [-0.05, 0) is 17.9 Å². The molecular weight excluding hydrogens is 351 g/mol. The highest BCUT2D eigenvalue weighted by Gasteiger charge is 2.42. The van der Waals surface area contributed by atoms with E-state index in [1.54, 1.807) is 0 Å². The van der Waals surface area contributed by atoms with E-state index in [2.05, 4.69) is 36.4 Å². The summed E-state index contributed by atoms with van der Waals surface area (Å²) in [6.45, 7) is 4.24. The van der Waals surface area contributed by atoms with Gasteiger partial charge < -0.3 is 5.11 Å². The SMILES string of the molecule is CCCCCCC(C)C(I)(C(=O)O)c1ccccc1. The Morgan fingerprint density at radius 3 is 2.42 bits per heavy atom. The summed E-state index contributed by atoms with van der Waals surface area (Å²) in [5, 5.41) is 9.65. The molecule has 0 aromatic heterocycles. The number of carboxylic acid groups (broad SMARTS) is 1. The average molecular weight is 374 g/mol. The van der Waals surface area contributed by atoms with Gasteiger partial charge in [0.1, 0.15) is 3.42 Å². The van der Waals surface area contributed by atoms with Crippen molar-refractivity contribution in [1.82, 2.24) is 0 Å². The normalized spacial score (nSPS) is 15.7. The van der Waals surface area contributed by atoms with Crippen LogP contribution in [0.1, 0.15) is 51.5 Å². The Labute approximate surface area is 129 Å². The van der Waals surface area contributed by atoms with Crippen LogP contribution in [-0.4, -0.2) is 11.1 Å². The molecule has 1 rings (SSSR count). The number of carboxylic acids is 1. The van der Waals surface area contributed by atoms with Gasteiger partial charge >= 0.3 is 5.97 Å². The van der Waals surface area contributed by atoms with Crippen LogP contribution in [0, 0.1) is 5.92 Å². The zero-order chi connectivity index (χ0) is 14.3. The molecule has 2 unspecified atom stereocenters. The highest BCUT2D eigenvalue weighted by Crippen LogP contribution is 2.42. The first-order valence-electron chi connectivity index (χ1n) is 7.01. The van der Waals surface area contributed by atoms with Crippen LogP contribution in [0.3, 0.4) is 0 Å². The third-order valence-corrected chi connectivity index (χ3v) is 5.82. The highest BCUT2D eigenvalue weighted by atomic mass is 127. The molecule has 1 aromatic rings. The number of halogens is 1. The predicted molar refractivity (Wildman–Crippen MR) is 87.7 cm³/mol. The smallest absolute Gasteiger partial charge is 0.324 e. The standard InChI is InChI=1S/C16H23IO2/c1-3-4-5-7-10-13(2)16(17,15(18)19)14-11-8-6-9-12-14/h6,8-9,11-13H,3-5,7,10H2,1-2H3,(H,18,19). The van der Waals surface area contributed by atoms with E-state index >= 15 is 0 Å². The lowest BCUT2D eigenvalue weighted by atomic mass is 9.84. The average Bonchev–Trinajstić information content (AvgIpc) is 2.43. The number of unbranched alkanes of at least 4 members (excludes halogenated alkanes) is 3. The Morgan fingerprint density at radius 1 is 1.26 bits per heavy atom. The lowest BCUT2D eigenvalue weighted by Crippen LogP contribution is -2.35. The molecule has 106 valence electrons. The molecule has 1 N–H and O–H groups in total. The molecule has 2 atom stereocenters. The second-order valence-corrected chi connectivity index (χ2v) is 6.83. The van der Waals surface area contributed by atoms with Crippen LogP contribution >= 0.6 is 22.6 Å². The van der Waals surface area contributed by atoms with Gasteiger partial charge in [-0.3, -0.25) is 4.79 Å². The lowest BCUT2D eigenvalue weighted by Gasteiger charge is -2.30. The van der Waals surface area contributed by atoms with E-state index in [1.165, 1.54) is 19.3 Å². The highest BCUT2D eigenvalue weighted by molar-refractivity contribution is 14.1. The fraction of sp³-hybridized carbons (Fsp3) is 0.562. The van der Waals surface area contributed by atoms with Crippen molar-refractivity contribution in [3.63, 3.8) is 0 Å². The maximum absolute atomic E-state index is 11.7. The van der Waals surface area contributed by atoms with E-state index in [0.717, 1.165) is 18.4 Å². The van der Waals surface area contributed by atoms with E-state index in [-0.39, 0.29) is 5.92 Å². The first-order valence-corrected chi connectivity index (χ1v) is 8.09. The molecule has 0 bridgehead atoms. The molecule has 2 nitrogen and oxygen atoms in total. The monoisotopic (exact) mass is 374 g/mol. The number of benzene rings is 1. The molecular formula is C16H23IO2. The quantitative estimate of drug-likeness (QED) is 0.395. The summed E-state index contributed by atoms with van der Waals surface area (Å²) in [4.78, 5) is 11.7. The molecule has 0 amide bonds. The summed E-state index contributed by atoms with van der Waals surface area (Å²) >= 11 is 2.12. The summed E-state index contributed by atoms with van der Waals surface area (Å²) in [6.07, 6.45) is 5.72. The van der Waals surface area contributed by atoms with Crippen LogP contribution in [0.15, 0.2) is 30.3 Å². The number of alkyl halides is 1. The summed E-state index contributed by atoms with van der Waals surface area (Å²) in [7, 11) is 0. The zero-order valence-corrected chi connectivity index (χ0v) is 13.9. The predicted octanol–water partition coefficient (Wildman–Crippen LogP) is 5.01. The van der Waals surface area contributed by atoms with Crippen LogP contribution in [0.25, 0.3) is 0 Å². The molecule has 0 aliphatic carbocycles. The first-order chi connectivity index (χ1) is 9.03. The molecule has 0 spiro atoms. The largest absolute Gasteiger partial charge is 0.480 e. The van der Waals surface area contributed by atoms with E-state index in [0.29, 0.717) is 0 Å². The van der Waals surface area contributed by atoms with Gasteiger partial charge in [-0.1, -0.05) is 92.5 Å². The van der Waals surface area contributed by atoms with Crippen LogP contribution in [-0.2, 0) is 8.22 Å². The fourth-order valence-electron chi connectivity index (χ4n) is 2.38. The van der Waals surface area contributed by atoms with Gasteiger partial charge in [-0.25, -0.2) is 0 Å². The molecule has 3 heteroatoms. The molecule has 0 aliphatic heterocycles. The minimum Gasteiger partial charge on any atom is -0.480 e. The summed E-state index contributed by atoms with van der Waals surface area (Å²) in [6, 6.07) is 9.59. The van der Waals surface area contributed by atoms with Crippen LogP contribution in [0.5, 0.6) is 0 Å². The van der Waals surface area contributed by atoms with Gasteiger partial charge in [0.25, 0.3) is 0 Å². The van der Waals surface area contributed by atoms with Crippen molar-refractivity contribution in [2.75, 3.05) is 0 Å². The van der Waals surface area contributed by atoms with Crippen molar-refractivity contribution < 1.29 is 9.90 Å². The Hall–Kier alpha value is -0.580. The Balaban J connectivity index is 2.79. The Bertz CT molecular complexity index is 391. The summed E-state index contributed by atoms with van der Waals surface area (Å²) < 4.78 is -0.814. The molecule has 0 aliphatic rings. The van der Waals surface area contributed by atoms with Gasteiger partial charge in [-0.15, -0.1) is 0 Å². The topological polar surface area (TPSA) is 37.3 Å². The van der Waals surface area contributed by atoms with Crippen LogP contribution in [0.2, 0.25) is 0 Å². The van der Waals surface area contributed by atoms with Crippen molar-refractivity contribution in [2.24, 2.45) is 5.92 Å². The van der Waals surface area contributed by atoms with E-state index in [9.17, 15) is 9.90 Å². The Kier molecular flexibility index (Phi) is 6.83. The third kappa shape index (κ3) is 4.20. The molecule has 0 saturated carbocycles. The minimum absolute atomic E-state index is 0.129. The summed E-state index contributed by atoms with van der Waals surface area (Å²) in [5.41, 5.74) is 0.895. The number of hydrogen-bond acceptors (Lipinski definition) is 1. The molecule has 1 aromatic carbocycles. The fourth-order valence-corrected chi connectivity index (χ4v) is 3.05. The van der Waals surface area contributed by atoms with Crippen molar-refractivity contribution in [1.29, 1.82) is 0 Å². The maximum Gasteiger partial charge on any atom is 0.324 e. The van der Waals surface area contributed by atoms with Crippen LogP contribution in [0.4, 0.5) is 0 Å². The molecule has 0 fully saturated rings. The summed E-state index contributed by atoms with van der Waals surface area (Å²) in [5.74, 6) is -0.604. The van der Waals surface area contributed by atoms with Gasteiger partial charge in [0.2, 0.25) is 0 Å². The van der Waals surface area contributed by atoms with E-state index in [4.69, 9.17) is 0 Å². The van der Waals surface area contributed by atoms with Crippen molar-refractivity contribution in [2.45, 2.75) is 49.4 Å². The number of carbonyl (C=O) groups is 1. The molecule has 0 saturated heterocycles. The molecule has 0 heterocycles. The Morgan fingerprint density at radius 2 is 1.89 bits per heavy atom. The van der Waals surface area contributed by atoms with Crippen molar-refractivity contribution in [3.05, 3.63) is 35.9 Å². The van der Waals surface area contributed by atoms with Crippen molar-refractivity contribution >= 4 is 28.6 Å². The van der Waals surface area contributed by atoms with Crippen LogP contribution < -0.4 is 0 Å².